The number of esters is 1. The molecule has 0 aliphatic rings. The summed E-state index contributed by atoms with van der Waals surface area (Å²) in [4.78, 5) is 51.6. The van der Waals surface area contributed by atoms with E-state index >= 15 is 0 Å². The third-order valence-corrected chi connectivity index (χ3v) is 7.67. The Morgan fingerprint density at radius 2 is 1.78 bits per heavy atom. The van der Waals surface area contributed by atoms with Gasteiger partial charge in [-0.15, -0.1) is 0 Å². The molecule has 0 atom stereocenters. The molecule has 0 aliphatic heterocycles. The van der Waals surface area contributed by atoms with E-state index in [2.05, 4.69) is 15.3 Å². The zero-order valence-electron chi connectivity index (χ0n) is 25.7. The van der Waals surface area contributed by atoms with Crippen molar-refractivity contribution in [2.24, 2.45) is 17.8 Å². The first kappa shape index (κ1) is 33.6. The second kappa shape index (κ2) is 15.1. The smallest absolute Gasteiger partial charge is 0.435 e. The summed E-state index contributed by atoms with van der Waals surface area (Å²) in [7, 11) is -1.39. The number of nitrogens with two attached hydrogens (primary N) is 1. The number of nitrogens with one attached hydrogen (secondary N) is 1. The highest BCUT2D eigenvalue weighted by molar-refractivity contribution is 7.90. The summed E-state index contributed by atoms with van der Waals surface area (Å²) in [6.07, 6.45) is 1.68. The number of nitrogens with zero attached hydrogens (tertiary/aromatic N) is 5. The monoisotopic (exact) mass is 649 g/mol. The van der Waals surface area contributed by atoms with Crippen molar-refractivity contribution in [3.63, 3.8) is 0 Å². The minimum absolute atomic E-state index is 0.0258. The number of sulfone groups is 1. The van der Waals surface area contributed by atoms with Crippen molar-refractivity contribution < 1.29 is 32.3 Å². The van der Waals surface area contributed by atoms with Crippen molar-refractivity contribution in [1.82, 2.24) is 14.5 Å². The topological polar surface area (TPSA) is 188 Å². The van der Waals surface area contributed by atoms with E-state index in [9.17, 15) is 22.8 Å². The summed E-state index contributed by atoms with van der Waals surface area (Å²) in [6.45, 7) is 2.15. The fraction of sp³-hybridized carbons (Fsp3) is 0.290. The molecule has 2 heterocycles. The van der Waals surface area contributed by atoms with Crippen LogP contribution in [0.15, 0.2) is 71.9 Å². The Kier molecular flexibility index (Phi) is 11.0. The van der Waals surface area contributed by atoms with Crippen molar-refractivity contribution in [2.45, 2.75) is 19.9 Å². The lowest BCUT2D eigenvalue weighted by Gasteiger charge is -2.21. The zero-order valence-corrected chi connectivity index (χ0v) is 26.5. The fourth-order valence-corrected chi connectivity index (χ4v) is 4.77. The van der Waals surface area contributed by atoms with Gasteiger partial charge in [-0.05, 0) is 61.5 Å². The molecule has 2 aromatic carbocycles. The van der Waals surface area contributed by atoms with Gasteiger partial charge in [0.1, 0.15) is 24.1 Å². The van der Waals surface area contributed by atoms with Crippen molar-refractivity contribution >= 4 is 56.2 Å². The number of imidazole rings is 1. The van der Waals surface area contributed by atoms with Gasteiger partial charge >= 0.3 is 12.1 Å². The van der Waals surface area contributed by atoms with Gasteiger partial charge in [-0.25, -0.2) is 23.2 Å². The van der Waals surface area contributed by atoms with E-state index in [1.54, 1.807) is 67.7 Å². The van der Waals surface area contributed by atoms with E-state index in [1.807, 2.05) is 17.7 Å². The van der Waals surface area contributed by atoms with Gasteiger partial charge in [0.25, 0.3) is 5.91 Å². The van der Waals surface area contributed by atoms with Crippen LogP contribution in [0.3, 0.4) is 0 Å². The first-order valence-electron chi connectivity index (χ1n) is 14.3. The lowest BCUT2D eigenvalue weighted by Crippen LogP contribution is -2.34. The second-order valence-corrected chi connectivity index (χ2v) is 12.4. The molecule has 3 N–H and O–H groups in total. The van der Waals surface area contributed by atoms with E-state index in [-0.39, 0.29) is 43.7 Å². The molecule has 0 aliphatic carbocycles. The minimum Gasteiger partial charge on any atom is -0.466 e. The van der Waals surface area contributed by atoms with E-state index in [1.165, 1.54) is 4.90 Å². The zero-order chi connectivity index (χ0) is 33.3. The van der Waals surface area contributed by atoms with Crippen LogP contribution in [-0.2, 0) is 37.7 Å². The molecule has 0 bridgehead atoms. The van der Waals surface area contributed by atoms with Crippen molar-refractivity contribution in [3.05, 3.63) is 83.8 Å². The van der Waals surface area contributed by atoms with E-state index in [4.69, 9.17) is 20.2 Å². The van der Waals surface area contributed by atoms with Crippen molar-refractivity contribution in [1.29, 1.82) is 0 Å². The molecule has 0 saturated heterocycles. The Morgan fingerprint density at radius 3 is 2.46 bits per heavy atom. The summed E-state index contributed by atoms with van der Waals surface area (Å²) in [5, 5.41) is 3.29. The Hall–Kier alpha value is -5.31. The second-order valence-electron chi connectivity index (χ2n) is 10.2. The van der Waals surface area contributed by atoms with Crippen LogP contribution in [0.25, 0.3) is 11.0 Å². The predicted octanol–water partition coefficient (Wildman–Crippen LogP) is 3.07. The number of hydrogen-bond donors (Lipinski definition) is 2. The molecule has 0 unspecified atom stereocenters. The van der Waals surface area contributed by atoms with Crippen LogP contribution < -0.4 is 16.0 Å². The summed E-state index contributed by atoms with van der Waals surface area (Å²) in [6, 6.07) is 17.3. The molecule has 0 spiro atoms. The SMILES string of the molecule is CCOC(=O)CCN(C(=O)c1ccc2c(c1)nc(CNc1ccc(C(N)=NC(=O)OCCS(C)(=O)=O)cc1)n2C)c1ccccn1. The molecule has 0 saturated carbocycles. The van der Waals surface area contributed by atoms with Gasteiger partial charge < -0.3 is 25.1 Å². The number of anilines is 2. The number of aliphatic imine (C=N–C) groups is 1. The molecule has 4 rings (SSSR count). The quantitative estimate of drug-likeness (QED) is 0.123. The number of pyridine rings is 1. The highest BCUT2D eigenvalue weighted by atomic mass is 32.2. The minimum atomic E-state index is -3.27. The molecule has 242 valence electrons. The number of carbonyl (C=O) groups is 3. The maximum atomic E-state index is 13.6. The van der Waals surface area contributed by atoms with Gasteiger partial charge in [-0.3, -0.25) is 14.5 Å². The van der Waals surface area contributed by atoms with Gasteiger partial charge in [-0.2, -0.15) is 4.99 Å². The number of benzene rings is 2. The Balaban J connectivity index is 1.43. The maximum Gasteiger partial charge on any atom is 0.435 e. The summed E-state index contributed by atoms with van der Waals surface area (Å²) < 4.78 is 34.1. The molecular weight excluding hydrogens is 614 g/mol. The van der Waals surface area contributed by atoms with Crippen molar-refractivity contribution in [2.75, 3.05) is 42.0 Å². The van der Waals surface area contributed by atoms with Crippen LogP contribution in [0.1, 0.15) is 35.1 Å². The van der Waals surface area contributed by atoms with Crippen LogP contribution in [0, 0.1) is 0 Å². The van der Waals surface area contributed by atoms with Crippen LogP contribution >= 0.6 is 0 Å². The summed E-state index contributed by atoms with van der Waals surface area (Å²) in [5.41, 5.74) is 8.98. The summed E-state index contributed by atoms with van der Waals surface area (Å²) >= 11 is 0. The number of amides is 2. The standard InChI is InChI=1S/C31H35N7O7S/c1-4-44-28(39)14-16-38(26-7-5-6-15-33-26)30(40)22-10-13-25-24(19-22)35-27(37(25)2)20-34-23-11-8-21(9-12-23)29(32)36-31(41)45-17-18-46(3,42)43/h5-13,15,19,34H,4,14,16-18,20H2,1-3H3,(H2,32,36,41). The highest BCUT2D eigenvalue weighted by Crippen LogP contribution is 2.21. The molecule has 15 heteroatoms. The molecule has 0 radical (unpaired) electrons. The van der Waals surface area contributed by atoms with Crippen molar-refractivity contribution in [3.8, 4) is 0 Å². The van der Waals surface area contributed by atoms with Crippen LogP contribution in [-0.4, -0.2) is 78.5 Å². The van der Waals surface area contributed by atoms with Crippen LogP contribution in [0.5, 0.6) is 0 Å². The molecule has 0 fully saturated rings. The first-order chi connectivity index (χ1) is 21.9. The number of amidine groups is 1. The number of ether oxygens (including phenoxy) is 2. The number of hydrogen-bond acceptors (Lipinski definition) is 10. The Bertz CT molecular complexity index is 1840. The normalized spacial score (nSPS) is 11.7. The number of aryl methyl sites for hydroxylation is 1. The molecule has 14 nitrogen and oxygen atoms in total. The van der Waals surface area contributed by atoms with Gasteiger partial charge in [-0.1, -0.05) is 6.07 Å². The average Bonchev–Trinajstić information content (AvgIpc) is 3.34. The number of rotatable bonds is 13. The lowest BCUT2D eigenvalue weighted by molar-refractivity contribution is -0.142. The number of carbonyl (C=O) groups excluding carboxylic acids is 3. The van der Waals surface area contributed by atoms with Crippen LogP contribution in [0.2, 0.25) is 0 Å². The molecule has 2 aromatic heterocycles. The predicted molar refractivity (Wildman–Crippen MR) is 173 cm³/mol. The van der Waals surface area contributed by atoms with Gasteiger partial charge in [0.15, 0.2) is 9.84 Å². The average molecular weight is 650 g/mol. The third kappa shape index (κ3) is 9.11. The molecular formula is C31H35N7O7S. The number of aromatic nitrogens is 3. The lowest BCUT2D eigenvalue weighted by atomic mass is 10.1. The largest absolute Gasteiger partial charge is 0.466 e. The first-order valence-corrected chi connectivity index (χ1v) is 16.4. The van der Waals surface area contributed by atoms with E-state index in [0.717, 1.165) is 17.5 Å². The van der Waals surface area contributed by atoms with Gasteiger partial charge in [0, 0.05) is 42.9 Å². The third-order valence-electron chi connectivity index (χ3n) is 6.76. The van der Waals surface area contributed by atoms with E-state index < -0.39 is 21.9 Å². The van der Waals surface area contributed by atoms with Gasteiger partial charge in [0.2, 0.25) is 0 Å². The fourth-order valence-electron chi connectivity index (χ4n) is 4.38. The Labute approximate surface area is 266 Å². The molecule has 46 heavy (non-hydrogen) atoms. The maximum absolute atomic E-state index is 13.6. The summed E-state index contributed by atoms with van der Waals surface area (Å²) in [5.74, 6) is 0.0439. The number of fused-ring (bicyclic) bond motifs is 1. The van der Waals surface area contributed by atoms with Gasteiger partial charge in [0.05, 0.1) is 36.4 Å². The highest BCUT2D eigenvalue weighted by Gasteiger charge is 2.21. The van der Waals surface area contributed by atoms with E-state index in [0.29, 0.717) is 34.8 Å². The Morgan fingerprint density at radius 1 is 1.04 bits per heavy atom. The molecule has 2 amide bonds. The van der Waals surface area contributed by atoms with Crippen LogP contribution in [0.4, 0.5) is 16.3 Å². The molecule has 4 aromatic rings.